The van der Waals surface area contributed by atoms with E-state index in [1.165, 1.54) is 37.6 Å². The van der Waals surface area contributed by atoms with Crippen LogP contribution in [-0.2, 0) is 13.6 Å². The number of imidazole rings is 1. The Morgan fingerprint density at radius 2 is 2.00 bits per heavy atom. The van der Waals surface area contributed by atoms with E-state index in [9.17, 15) is 0 Å². The number of nitrogens with zero attached hydrogens (tertiary/aromatic N) is 2. The molecule has 0 spiro atoms. The Labute approximate surface area is 121 Å². The number of rotatable bonds is 4. The number of benzene rings is 1. The molecule has 0 amide bonds. The molecule has 1 N–H and O–H groups in total. The number of aryl methyl sites for hydroxylation is 1. The fourth-order valence-electron chi connectivity index (χ4n) is 3.41. The molecule has 0 unspecified atom stereocenters. The molecule has 0 aliphatic heterocycles. The zero-order chi connectivity index (χ0) is 13.9. The van der Waals surface area contributed by atoms with Crippen molar-refractivity contribution in [2.45, 2.75) is 51.6 Å². The molecule has 0 radical (unpaired) electrons. The van der Waals surface area contributed by atoms with Gasteiger partial charge < -0.3 is 9.88 Å². The first-order valence-corrected chi connectivity index (χ1v) is 7.89. The molecular formula is C17H25N3. The van der Waals surface area contributed by atoms with Gasteiger partial charge in [0, 0.05) is 13.1 Å². The Morgan fingerprint density at radius 3 is 2.75 bits per heavy atom. The third kappa shape index (κ3) is 2.73. The lowest BCUT2D eigenvalue weighted by Crippen LogP contribution is -2.34. The van der Waals surface area contributed by atoms with Gasteiger partial charge in [-0.1, -0.05) is 31.4 Å². The molecule has 3 nitrogen and oxygen atoms in total. The van der Waals surface area contributed by atoms with E-state index in [2.05, 4.69) is 48.1 Å². The monoisotopic (exact) mass is 271 g/mol. The van der Waals surface area contributed by atoms with Crippen LogP contribution in [0.2, 0.25) is 0 Å². The van der Waals surface area contributed by atoms with Crippen LogP contribution in [0.3, 0.4) is 0 Å². The largest absolute Gasteiger partial charge is 0.330 e. The van der Waals surface area contributed by atoms with E-state index in [4.69, 9.17) is 4.98 Å². The lowest BCUT2D eigenvalue weighted by Gasteiger charge is -2.28. The number of nitrogens with one attached hydrogen (secondary N) is 1. The van der Waals surface area contributed by atoms with Crippen molar-refractivity contribution in [1.82, 2.24) is 14.9 Å². The number of hydrogen-bond acceptors (Lipinski definition) is 2. The smallest absolute Gasteiger partial charge is 0.123 e. The Morgan fingerprint density at radius 1 is 1.25 bits per heavy atom. The Hall–Kier alpha value is -1.35. The first kappa shape index (κ1) is 13.6. The first-order valence-electron chi connectivity index (χ1n) is 7.89. The van der Waals surface area contributed by atoms with Crippen molar-refractivity contribution in [3.05, 3.63) is 30.1 Å². The minimum absolute atomic E-state index is 0.593. The van der Waals surface area contributed by atoms with Crippen molar-refractivity contribution in [2.24, 2.45) is 13.0 Å². The molecule has 3 rings (SSSR count). The molecule has 1 saturated carbocycles. The van der Waals surface area contributed by atoms with Crippen molar-refractivity contribution < 1.29 is 0 Å². The quantitative estimate of drug-likeness (QED) is 0.920. The average Bonchev–Trinajstić information content (AvgIpc) is 2.83. The second-order valence-corrected chi connectivity index (χ2v) is 6.14. The maximum atomic E-state index is 4.73. The maximum absolute atomic E-state index is 4.73. The van der Waals surface area contributed by atoms with E-state index in [0.717, 1.165) is 23.8 Å². The molecule has 2 aromatic rings. The average molecular weight is 271 g/mol. The molecule has 0 bridgehead atoms. The topological polar surface area (TPSA) is 29.9 Å². The molecule has 1 aromatic carbocycles. The summed E-state index contributed by atoms with van der Waals surface area (Å²) in [6.45, 7) is 3.20. The van der Waals surface area contributed by atoms with Crippen LogP contribution in [-0.4, -0.2) is 15.6 Å². The van der Waals surface area contributed by atoms with Crippen LogP contribution in [0.25, 0.3) is 11.0 Å². The number of para-hydroxylation sites is 2. The van der Waals surface area contributed by atoms with Crippen LogP contribution < -0.4 is 5.32 Å². The second-order valence-electron chi connectivity index (χ2n) is 6.14. The number of hydrogen-bond donors (Lipinski definition) is 1. The summed E-state index contributed by atoms with van der Waals surface area (Å²) in [6, 6.07) is 8.94. The summed E-state index contributed by atoms with van der Waals surface area (Å²) in [6.07, 6.45) is 7.01. The van der Waals surface area contributed by atoms with Crippen molar-refractivity contribution in [3.8, 4) is 0 Å². The Kier molecular flexibility index (Phi) is 4.06. The second kappa shape index (κ2) is 5.96. The zero-order valence-corrected chi connectivity index (χ0v) is 12.6. The van der Waals surface area contributed by atoms with E-state index in [1.54, 1.807) is 0 Å². The molecule has 1 fully saturated rings. The minimum atomic E-state index is 0.593. The Bertz CT molecular complexity index is 567. The highest BCUT2D eigenvalue weighted by atomic mass is 15.1. The molecule has 20 heavy (non-hydrogen) atoms. The van der Waals surface area contributed by atoms with Gasteiger partial charge in [0.05, 0.1) is 17.6 Å². The predicted molar refractivity (Wildman–Crippen MR) is 83.6 cm³/mol. The lowest BCUT2D eigenvalue weighted by molar-refractivity contribution is 0.279. The van der Waals surface area contributed by atoms with Crippen LogP contribution in [0.5, 0.6) is 0 Å². The predicted octanol–water partition coefficient (Wildman–Crippen LogP) is 3.63. The zero-order valence-electron chi connectivity index (χ0n) is 12.6. The molecule has 0 saturated heterocycles. The standard InChI is InChI=1S/C17H25N3/c1-13(14-8-4-3-5-9-14)18-12-17-19-15-10-6-7-11-16(15)20(17)2/h6-7,10-11,13-14,18H,3-5,8-9,12H2,1-2H3/t13-/m0/s1. The fraction of sp³-hybridized carbons (Fsp3) is 0.588. The molecule has 1 atom stereocenters. The van der Waals surface area contributed by atoms with Gasteiger partial charge in [-0.25, -0.2) is 4.98 Å². The summed E-state index contributed by atoms with van der Waals surface area (Å²) in [5.41, 5.74) is 2.31. The van der Waals surface area contributed by atoms with Crippen LogP contribution >= 0.6 is 0 Å². The van der Waals surface area contributed by atoms with E-state index in [-0.39, 0.29) is 0 Å². The van der Waals surface area contributed by atoms with Gasteiger partial charge in [-0.15, -0.1) is 0 Å². The van der Waals surface area contributed by atoms with E-state index >= 15 is 0 Å². The summed E-state index contributed by atoms with van der Waals surface area (Å²) < 4.78 is 2.20. The van der Waals surface area contributed by atoms with Crippen molar-refractivity contribution in [2.75, 3.05) is 0 Å². The number of fused-ring (bicyclic) bond motifs is 1. The van der Waals surface area contributed by atoms with E-state index in [1.807, 2.05) is 0 Å². The van der Waals surface area contributed by atoms with E-state index < -0.39 is 0 Å². The van der Waals surface area contributed by atoms with Crippen molar-refractivity contribution in [3.63, 3.8) is 0 Å². The molecule has 1 heterocycles. The minimum Gasteiger partial charge on any atom is -0.330 e. The molecular weight excluding hydrogens is 246 g/mol. The highest BCUT2D eigenvalue weighted by molar-refractivity contribution is 5.75. The van der Waals surface area contributed by atoms with Gasteiger partial charge in [0.25, 0.3) is 0 Å². The first-order chi connectivity index (χ1) is 9.75. The maximum Gasteiger partial charge on any atom is 0.123 e. The van der Waals surface area contributed by atoms with Gasteiger partial charge in [0.15, 0.2) is 0 Å². The van der Waals surface area contributed by atoms with Gasteiger partial charge in [-0.05, 0) is 37.8 Å². The fourth-order valence-corrected chi connectivity index (χ4v) is 3.41. The third-order valence-electron chi connectivity index (χ3n) is 4.82. The van der Waals surface area contributed by atoms with Crippen LogP contribution in [0.15, 0.2) is 24.3 Å². The summed E-state index contributed by atoms with van der Waals surface area (Å²) in [5.74, 6) is 1.98. The summed E-state index contributed by atoms with van der Waals surface area (Å²) >= 11 is 0. The van der Waals surface area contributed by atoms with Crippen molar-refractivity contribution in [1.29, 1.82) is 0 Å². The van der Waals surface area contributed by atoms with Crippen LogP contribution in [0.4, 0.5) is 0 Å². The summed E-state index contributed by atoms with van der Waals surface area (Å²) in [7, 11) is 2.11. The SMILES string of the molecule is C[C@H](NCc1nc2ccccc2n1C)C1CCCCC1. The molecule has 108 valence electrons. The number of aromatic nitrogens is 2. The van der Waals surface area contributed by atoms with E-state index in [0.29, 0.717) is 6.04 Å². The van der Waals surface area contributed by atoms with Gasteiger partial charge in [0.2, 0.25) is 0 Å². The van der Waals surface area contributed by atoms with Gasteiger partial charge in [-0.2, -0.15) is 0 Å². The van der Waals surface area contributed by atoms with Gasteiger partial charge in [0.1, 0.15) is 5.82 Å². The Balaban J connectivity index is 1.65. The molecule has 1 aliphatic carbocycles. The molecule has 1 aliphatic rings. The highest BCUT2D eigenvalue weighted by Crippen LogP contribution is 2.26. The van der Waals surface area contributed by atoms with Crippen LogP contribution in [0.1, 0.15) is 44.9 Å². The molecule has 3 heteroatoms. The summed E-state index contributed by atoms with van der Waals surface area (Å²) in [5, 5.41) is 3.69. The summed E-state index contributed by atoms with van der Waals surface area (Å²) in [4.78, 5) is 4.73. The lowest BCUT2D eigenvalue weighted by atomic mass is 9.84. The normalized spacial score (nSPS) is 18.5. The third-order valence-corrected chi connectivity index (χ3v) is 4.82. The van der Waals surface area contributed by atoms with Crippen LogP contribution in [0, 0.1) is 5.92 Å². The van der Waals surface area contributed by atoms with Crippen molar-refractivity contribution >= 4 is 11.0 Å². The highest BCUT2D eigenvalue weighted by Gasteiger charge is 2.20. The molecule has 1 aromatic heterocycles. The van der Waals surface area contributed by atoms with Gasteiger partial charge >= 0.3 is 0 Å². The van der Waals surface area contributed by atoms with Gasteiger partial charge in [-0.3, -0.25) is 0 Å².